The Morgan fingerprint density at radius 2 is 2.08 bits per heavy atom. The molecule has 1 saturated heterocycles. The number of ether oxygens (including phenoxy) is 1. The molecule has 2 aromatic heterocycles. The lowest BCUT2D eigenvalue weighted by atomic mass is 9.73. The third-order valence-corrected chi connectivity index (χ3v) is 8.34. The molecule has 5 N–H and O–H groups in total. The van der Waals surface area contributed by atoms with Crippen molar-refractivity contribution in [2.45, 2.75) is 35.2 Å². The fourth-order valence-corrected chi connectivity index (χ4v) is 5.97. The lowest BCUT2D eigenvalue weighted by Crippen LogP contribution is -2.44. The van der Waals surface area contributed by atoms with Crippen LogP contribution in [0.1, 0.15) is 35.6 Å². The Hall–Kier alpha value is -3.72. The molecule has 1 aromatic carbocycles. The fourth-order valence-electron chi connectivity index (χ4n) is 5.21. The van der Waals surface area contributed by atoms with Gasteiger partial charge in [-0.25, -0.2) is 19.3 Å². The lowest BCUT2D eigenvalue weighted by molar-refractivity contribution is -0.115. The molecule has 1 atom stereocenters. The van der Waals surface area contributed by atoms with Crippen molar-refractivity contribution in [1.82, 2.24) is 20.3 Å². The van der Waals surface area contributed by atoms with Crippen LogP contribution in [0.4, 0.5) is 16.0 Å². The van der Waals surface area contributed by atoms with Gasteiger partial charge in [0.1, 0.15) is 10.8 Å². The maximum absolute atomic E-state index is 14.2. The summed E-state index contributed by atoms with van der Waals surface area (Å²) in [6, 6.07) is 7.54. The Morgan fingerprint density at radius 3 is 2.82 bits per heavy atom. The molecule has 0 unspecified atom stereocenters. The Kier molecular flexibility index (Phi) is 7.97. The number of aromatic nitrogens is 3. The zero-order valence-electron chi connectivity index (χ0n) is 21.6. The van der Waals surface area contributed by atoms with Crippen LogP contribution in [0.3, 0.4) is 0 Å². The van der Waals surface area contributed by atoms with Crippen LogP contribution >= 0.6 is 11.8 Å². The number of piperidine rings is 1. The van der Waals surface area contributed by atoms with Crippen LogP contribution in [-0.2, 0) is 16.0 Å². The second-order valence-electron chi connectivity index (χ2n) is 9.74. The predicted molar refractivity (Wildman–Crippen MR) is 147 cm³/mol. The van der Waals surface area contributed by atoms with Gasteiger partial charge in [-0.2, -0.15) is 0 Å². The quantitative estimate of drug-likeness (QED) is 0.315. The van der Waals surface area contributed by atoms with E-state index in [2.05, 4.69) is 43.1 Å². The molecule has 202 valence electrons. The van der Waals surface area contributed by atoms with Crippen molar-refractivity contribution >= 4 is 29.3 Å². The number of amides is 1. The van der Waals surface area contributed by atoms with E-state index in [1.807, 2.05) is 12.1 Å². The zero-order valence-corrected chi connectivity index (χ0v) is 22.4. The summed E-state index contributed by atoms with van der Waals surface area (Å²) < 4.78 is 19.1. The molecule has 1 aliphatic carbocycles. The molecule has 3 aromatic rings. The van der Waals surface area contributed by atoms with Crippen molar-refractivity contribution in [3.63, 3.8) is 0 Å². The van der Waals surface area contributed by atoms with E-state index in [-0.39, 0.29) is 23.2 Å². The van der Waals surface area contributed by atoms with Crippen molar-refractivity contribution in [3.8, 4) is 11.8 Å². The molecule has 5 rings (SSSR count). The Balaban J connectivity index is 1.20. The monoisotopic (exact) mass is 547 g/mol. The van der Waals surface area contributed by atoms with Crippen molar-refractivity contribution in [2.24, 2.45) is 11.1 Å². The van der Waals surface area contributed by atoms with E-state index in [0.29, 0.717) is 23.1 Å². The largest absolute Gasteiger partial charge is 0.383 e. The second-order valence-corrected chi connectivity index (χ2v) is 10.8. The van der Waals surface area contributed by atoms with E-state index in [1.165, 1.54) is 11.8 Å². The topological polar surface area (TPSA) is 132 Å². The molecule has 9 nitrogen and oxygen atoms in total. The minimum atomic E-state index is -0.550. The summed E-state index contributed by atoms with van der Waals surface area (Å²) in [6.45, 7) is 2.49. The number of halogens is 1. The minimum absolute atomic E-state index is 0.0234. The molecule has 1 aliphatic heterocycles. The van der Waals surface area contributed by atoms with Gasteiger partial charge in [-0.1, -0.05) is 23.7 Å². The SMILES string of the molecule is COCCNC(=O)C#Cc1ccc2c(c1)[C@@H](N)C1(CCN(c3cnc(Sc4ccnc(N)c4F)cn3)CC1)C2. The average Bonchev–Trinajstić information content (AvgIpc) is 3.21. The molecule has 1 amide bonds. The van der Waals surface area contributed by atoms with Gasteiger partial charge in [0.25, 0.3) is 5.91 Å². The summed E-state index contributed by atoms with van der Waals surface area (Å²) in [4.78, 5) is 27.3. The number of carbonyl (C=O) groups excluding carboxylic acids is 1. The smallest absolute Gasteiger partial charge is 0.296 e. The van der Waals surface area contributed by atoms with Gasteiger partial charge in [-0.15, -0.1) is 0 Å². The standard InChI is InChI=1S/C28H30FN7O2S/c1-38-13-10-32-23(37)5-3-18-2-4-19-15-28(26(30)20(19)14-18)7-11-36(12-8-28)22-16-35-24(17-34-22)39-21-6-9-33-27(31)25(21)29/h2,4,6,9,14,16-17,26H,7-8,10-13,15,30H2,1H3,(H2,31,33)(H,32,37)/t26-/m1/s1. The Labute approximate surface area is 230 Å². The number of anilines is 2. The number of hydrogen-bond acceptors (Lipinski definition) is 9. The van der Waals surface area contributed by atoms with E-state index >= 15 is 0 Å². The highest BCUT2D eigenvalue weighted by Gasteiger charge is 2.46. The number of methoxy groups -OCH3 is 1. The third kappa shape index (κ3) is 5.83. The number of rotatable bonds is 6. The van der Waals surface area contributed by atoms with Crippen molar-refractivity contribution in [2.75, 3.05) is 44.0 Å². The zero-order chi connectivity index (χ0) is 27.4. The number of nitrogens with zero attached hydrogens (tertiary/aromatic N) is 4. The first kappa shape index (κ1) is 26.9. The highest BCUT2D eigenvalue weighted by molar-refractivity contribution is 7.99. The summed E-state index contributed by atoms with van der Waals surface area (Å²) in [5.41, 5.74) is 15.5. The minimum Gasteiger partial charge on any atom is -0.383 e. The van der Waals surface area contributed by atoms with Gasteiger partial charge in [-0.3, -0.25) is 4.79 Å². The van der Waals surface area contributed by atoms with Crippen LogP contribution < -0.4 is 21.7 Å². The Morgan fingerprint density at radius 1 is 1.26 bits per heavy atom. The molecule has 1 spiro atoms. The van der Waals surface area contributed by atoms with Gasteiger partial charge in [0.2, 0.25) is 0 Å². The number of fused-ring (bicyclic) bond motifs is 1. The molecule has 2 aliphatic rings. The number of hydrogen-bond donors (Lipinski definition) is 3. The fraction of sp³-hybridized carbons (Fsp3) is 0.357. The normalized spacial score (nSPS) is 17.4. The maximum Gasteiger partial charge on any atom is 0.296 e. The second kappa shape index (κ2) is 11.6. The third-order valence-electron chi connectivity index (χ3n) is 7.39. The van der Waals surface area contributed by atoms with Crippen LogP contribution in [0.5, 0.6) is 0 Å². The number of nitrogens with one attached hydrogen (secondary N) is 1. The van der Waals surface area contributed by atoms with E-state index in [4.69, 9.17) is 16.2 Å². The number of nitrogens with two attached hydrogens (primary N) is 2. The number of pyridine rings is 1. The van der Waals surface area contributed by atoms with E-state index < -0.39 is 5.82 Å². The summed E-state index contributed by atoms with van der Waals surface area (Å²) in [5, 5.41) is 3.28. The molecule has 0 radical (unpaired) electrons. The van der Waals surface area contributed by atoms with E-state index in [1.54, 1.807) is 25.6 Å². The predicted octanol–water partition coefficient (Wildman–Crippen LogP) is 2.70. The lowest BCUT2D eigenvalue weighted by Gasteiger charge is -2.42. The van der Waals surface area contributed by atoms with Gasteiger partial charge in [0.05, 0.1) is 23.9 Å². The molecular weight excluding hydrogens is 517 g/mol. The molecule has 11 heteroatoms. The molecule has 0 saturated carbocycles. The number of benzene rings is 1. The van der Waals surface area contributed by atoms with Gasteiger partial charge >= 0.3 is 0 Å². The van der Waals surface area contributed by atoms with Crippen molar-refractivity contribution in [3.05, 3.63) is 65.4 Å². The van der Waals surface area contributed by atoms with E-state index in [9.17, 15) is 9.18 Å². The molecule has 0 bridgehead atoms. The van der Waals surface area contributed by atoms with Crippen LogP contribution in [-0.4, -0.2) is 54.2 Å². The maximum atomic E-state index is 14.2. The highest BCUT2D eigenvalue weighted by Crippen LogP contribution is 2.51. The van der Waals surface area contributed by atoms with E-state index in [0.717, 1.165) is 61.1 Å². The van der Waals surface area contributed by atoms with Gasteiger partial charge in [0.15, 0.2) is 11.6 Å². The van der Waals surface area contributed by atoms with Crippen molar-refractivity contribution in [1.29, 1.82) is 0 Å². The summed E-state index contributed by atoms with van der Waals surface area (Å²) in [6.07, 6.45) is 7.61. The summed E-state index contributed by atoms with van der Waals surface area (Å²) >= 11 is 1.16. The van der Waals surface area contributed by atoms with Crippen molar-refractivity contribution < 1.29 is 13.9 Å². The van der Waals surface area contributed by atoms with Crippen LogP contribution in [0.15, 0.2) is 52.8 Å². The molecule has 1 fully saturated rings. The molecular formula is C28H30FN7O2S. The summed E-state index contributed by atoms with van der Waals surface area (Å²) in [7, 11) is 1.58. The van der Waals surface area contributed by atoms with Crippen LogP contribution in [0.25, 0.3) is 0 Å². The Bertz CT molecular complexity index is 1420. The number of carbonyl (C=O) groups is 1. The highest BCUT2D eigenvalue weighted by atomic mass is 32.2. The number of nitrogen functional groups attached to an aromatic ring is 1. The summed E-state index contributed by atoms with van der Waals surface area (Å²) in [5.74, 6) is 5.36. The van der Waals surface area contributed by atoms with Gasteiger partial charge in [0, 0.05) is 50.5 Å². The molecule has 3 heterocycles. The first-order chi connectivity index (χ1) is 18.9. The van der Waals surface area contributed by atoms with Gasteiger partial charge < -0.3 is 26.4 Å². The van der Waals surface area contributed by atoms with Crippen LogP contribution in [0.2, 0.25) is 0 Å². The average molecular weight is 548 g/mol. The first-order valence-corrected chi connectivity index (χ1v) is 13.5. The van der Waals surface area contributed by atoms with Crippen LogP contribution in [0, 0.1) is 23.1 Å². The van der Waals surface area contributed by atoms with Gasteiger partial charge in [-0.05, 0) is 54.0 Å². The first-order valence-electron chi connectivity index (χ1n) is 12.7. The molecule has 39 heavy (non-hydrogen) atoms.